The van der Waals surface area contributed by atoms with Crippen molar-refractivity contribution < 1.29 is 33.4 Å². The Hall–Kier alpha value is -3.99. The zero-order valence-electron chi connectivity index (χ0n) is 19.5. The van der Waals surface area contributed by atoms with Crippen molar-refractivity contribution in [2.75, 3.05) is 37.6 Å². The van der Waals surface area contributed by atoms with E-state index in [1.807, 2.05) is 0 Å². The highest BCUT2D eigenvalue weighted by atomic mass is 32.1. The molecule has 184 valence electrons. The van der Waals surface area contributed by atoms with Crippen LogP contribution in [-0.4, -0.2) is 67.2 Å². The lowest BCUT2D eigenvalue weighted by Gasteiger charge is -2.22. The Balaban J connectivity index is 1.81. The summed E-state index contributed by atoms with van der Waals surface area (Å²) in [7, 11) is 2.76. The summed E-state index contributed by atoms with van der Waals surface area (Å²) >= 11 is 5.49. The Morgan fingerprint density at radius 3 is 2.26 bits per heavy atom. The second-order valence-corrected chi connectivity index (χ2v) is 7.79. The monoisotopic (exact) mass is 499 g/mol. The van der Waals surface area contributed by atoms with Crippen LogP contribution in [0.25, 0.3) is 0 Å². The van der Waals surface area contributed by atoms with Crippen LogP contribution >= 0.6 is 12.2 Å². The van der Waals surface area contributed by atoms with Crippen molar-refractivity contribution in [1.82, 2.24) is 4.90 Å². The standard InChI is InChI=1S/C24H25N3O7S/c1-4-34-23(31)15-5-9-17(10-6-15)27-22(30)19(26(24(27)35)14-21(29)33-3)13-20(28)25-16-7-11-18(32-2)12-8-16/h5-12,19H,4,13-14H2,1-3H3,(H,25,28). The van der Waals surface area contributed by atoms with E-state index in [4.69, 9.17) is 26.4 Å². The molecule has 3 rings (SSSR count). The van der Waals surface area contributed by atoms with Crippen molar-refractivity contribution in [1.29, 1.82) is 0 Å². The Kier molecular flexibility index (Phi) is 8.37. The van der Waals surface area contributed by atoms with Crippen molar-refractivity contribution >= 4 is 52.5 Å². The third-order valence-corrected chi connectivity index (χ3v) is 5.65. The number of hydrogen-bond donors (Lipinski definition) is 1. The number of carbonyl (C=O) groups excluding carboxylic acids is 4. The van der Waals surface area contributed by atoms with Crippen LogP contribution in [0.3, 0.4) is 0 Å². The highest BCUT2D eigenvalue weighted by molar-refractivity contribution is 7.80. The number of ether oxygens (including phenoxy) is 3. The van der Waals surface area contributed by atoms with Crippen LogP contribution in [0, 0.1) is 0 Å². The average molecular weight is 500 g/mol. The summed E-state index contributed by atoms with van der Waals surface area (Å²) in [6.45, 7) is 1.63. The van der Waals surface area contributed by atoms with E-state index in [0.29, 0.717) is 22.7 Å². The normalized spacial score (nSPS) is 15.1. The summed E-state index contributed by atoms with van der Waals surface area (Å²) in [5.41, 5.74) is 1.23. The summed E-state index contributed by atoms with van der Waals surface area (Å²) in [6.07, 6.45) is -0.251. The summed E-state index contributed by atoms with van der Waals surface area (Å²) in [6, 6.07) is 11.8. The second kappa shape index (κ2) is 11.4. The minimum absolute atomic E-state index is 0.0477. The minimum Gasteiger partial charge on any atom is -0.497 e. The van der Waals surface area contributed by atoms with Gasteiger partial charge in [-0.3, -0.25) is 19.3 Å². The zero-order valence-corrected chi connectivity index (χ0v) is 20.3. The highest BCUT2D eigenvalue weighted by Gasteiger charge is 2.45. The molecule has 0 radical (unpaired) electrons. The lowest BCUT2D eigenvalue weighted by molar-refractivity contribution is -0.141. The maximum absolute atomic E-state index is 13.3. The van der Waals surface area contributed by atoms with Crippen LogP contribution in [0.2, 0.25) is 0 Å². The van der Waals surface area contributed by atoms with E-state index in [9.17, 15) is 19.2 Å². The number of anilines is 2. The van der Waals surface area contributed by atoms with Gasteiger partial charge in [-0.1, -0.05) is 0 Å². The number of thiocarbonyl (C=S) groups is 1. The van der Waals surface area contributed by atoms with E-state index in [-0.39, 0.29) is 24.7 Å². The molecule has 1 saturated heterocycles. The molecular weight excluding hydrogens is 474 g/mol. The van der Waals surface area contributed by atoms with Crippen LogP contribution in [0.4, 0.5) is 11.4 Å². The molecule has 11 heteroatoms. The van der Waals surface area contributed by atoms with Gasteiger partial charge in [0.2, 0.25) is 5.91 Å². The molecule has 1 N–H and O–H groups in total. The lowest BCUT2D eigenvalue weighted by Crippen LogP contribution is -2.41. The Labute approximate surface area is 207 Å². The van der Waals surface area contributed by atoms with Crippen LogP contribution in [0.5, 0.6) is 5.75 Å². The molecule has 1 atom stereocenters. The largest absolute Gasteiger partial charge is 0.497 e. The Morgan fingerprint density at radius 2 is 1.69 bits per heavy atom. The smallest absolute Gasteiger partial charge is 0.338 e. The van der Waals surface area contributed by atoms with Gasteiger partial charge in [-0.05, 0) is 67.7 Å². The number of amides is 2. The van der Waals surface area contributed by atoms with Gasteiger partial charge in [0.05, 0.1) is 38.5 Å². The van der Waals surface area contributed by atoms with Crippen LogP contribution in [-0.2, 0) is 23.9 Å². The zero-order chi connectivity index (χ0) is 25.5. The lowest BCUT2D eigenvalue weighted by atomic mass is 10.1. The van der Waals surface area contributed by atoms with E-state index in [0.717, 1.165) is 0 Å². The van der Waals surface area contributed by atoms with Crippen molar-refractivity contribution in [3.05, 3.63) is 54.1 Å². The Bertz CT molecular complexity index is 1120. The topological polar surface area (TPSA) is 114 Å². The van der Waals surface area contributed by atoms with Gasteiger partial charge >= 0.3 is 11.9 Å². The molecule has 1 fully saturated rings. The molecule has 0 spiro atoms. The first-order valence-corrected chi connectivity index (χ1v) is 11.1. The average Bonchev–Trinajstić information content (AvgIpc) is 3.08. The number of methoxy groups -OCH3 is 2. The fraction of sp³-hybridized carbons (Fsp3) is 0.292. The number of rotatable bonds is 9. The molecule has 2 aromatic rings. The fourth-order valence-electron chi connectivity index (χ4n) is 3.48. The SMILES string of the molecule is CCOC(=O)c1ccc(N2C(=O)C(CC(=O)Nc3ccc(OC)cc3)N(CC(=O)OC)C2=S)cc1. The maximum atomic E-state index is 13.3. The molecule has 0 bridgehead atoms. The summed E-state index contributed by atoms with van der Waals surface area (Å²) in [5.74, 6) is -1.39. The van der Waals surface area contributed by atoms with E-state index < -0.39 is 29.8 Å². The highest BCUT2D eigenvalue weighted by Crippen LogP contribution is 2.28. The maximum Gasteiger partial charge on any atom is 0.338 e. The molecule has 35 heavy (non-hydrogen) atoms. The second-order valence-electron chi connectivity index (χ2n) is 7.42. The Morgan fingerprint density at radius 1 is 1.03 bits per heavy atom. The van der Waals surface area contributed by atoms with Crippen molar-refractivity contribution in [2.45, 2.75) is 19.4 Å². The van der Waals surface area contributed by atoms with E-state index >= 15 is 0 Å². The summed E-state index contributed by atoms with van der Waals surface area (Å²) < 4.78 is 14.8. The van der Waals surface area contributed by atoms with E-state index in [1.165, 1.54) is 36.2 Å². The van der Waals surface area contributed by atoms with Gasteiger partial charge in [0.15, 0.2) is 5.11 Å². The number of esters is 2. The fourth-order valence-corrected chi connectivity index (χ4v) is 3.87. The van der Waals surface area contributed by atoms with Gasteiger partial charge in [-0.25, -0.2) is 4.79 Å². The molecule has 1 aliphatic heterocycles. The molecule has 2 aromatic carbocycles. The first kappa shape index (κ1) is 25.6. The molecule has 0 aromatic heterocycles. The van der Waals surface area contributed by atoms with Crippen LogP contribution in [0.15, 0.2) is 48.5 Å². The summed E-state index contributed by atoms with van der Waals surface area (Å²) in [4.78, 5) is 52.6. The number of carbonyl (C=O) groups is 4. The quantitative estimate of drug-likeness (QED) is 0.410. The summed E-state index contributed by atoms with van der Waals surface area (Å²) in [5, 5.41) is 2.77. The molecule has 1 aliphatic rings. The molecule has 0 aliphatic carbocycles. The number of benzene rings is 2. The number of nitrogens with one attached hydrogen (secondary N) is 1. The van der Waals surface area contributed by atoms with Gasteiger partial charge in [0.1, 0.15) is 18.3 Å². The van der Waals surface area contributed by atoms with Gasteiger partial charge in [-0.15, -0.1) is 0 Å². The number of nitrogens with zero attached hydrogens (tertiary/aromatic N) is 2. The van der Waals surface area contributed by atoms with E-state index in [2.05, 4.69) is 5.32 Å². The van der Waals surface area contributed by atoms with Gasteiger partial charge in [0.25, 0.3) is 5.91 Å². The first-order valence-electron chi connectivity index (χ1n) is 10.7. The van der Waals surface area contributed by atoms with Crippen LogP contribution in [0.1, 0.15) is 23.7 Å². The first-order chi connectivity index (χ1) is 16.8. The van der Waals surface area contributed by atoms with E-state index in [1.54, 1.807) is 43.3 Å². The number of hydrogen-bond acceptors (Lipinski definition) is 8. The van der Waals surface area contributed by atoms with Gasteiger partial charge in [-0.2, -0.15) is 0 Å². The predicted molar refractivity (Wildman–Crippen MR) is 131 cm³/mol. The van der Waals surface area contributed by atoms with Gasteiger partial charge in [0, 0.05) is 5.69 Å². The third kappa shape index (κ3) is 5.93. The molecule has 10 nitrogen and oxygen atoms in total. The van der Waals surface area contributed by atoms with Crippen molar-refractivity contribution in [3.63, 3.8) is 0 Å². The molecule has 0 saturated carbocycles. The van der Waals surface area contributed by atoms with Crippen LogP contribution < -0.4 is 15.0 Å². The molecule has 1 unspecified atom stereocenters. The minimum atomic E-state index is -1.02. The molecular formula is C24H25N3O7S. The van der Waals surface area contributed by atoms with Crippen molar-refractivity contribution in [3.8, 4) is 5.75 Å². The molecule has 2 amide bonds. The molecule has 1 heterocycles. The predicted octanol–water partition coefficient (Wildman–Crippen LogP) is 2.38. The van der Waals surface area contributed by atoms with Crippen molar-refractivity contribution in [2.24, 2.45) is 0 Å². The van der Waals surface area contributed by atoms with Gasteiger partial charge < -0.3 is 24.4 Å². The third-order valence-electron chi connectivity index (χ3n) is 5.23.